The van der Waals surface area contributed by atoms with Crippen LogP contribution in [0.2, 0.25) is 0 Å². The molecule has 2 aromatic carbocycles. The molecule has 0 unspecified atom stereocenters. The van der Waals surface area contributed by atoms with Crippen LogP contribution in [-0.4, -0.2) is 16.9 Å². The van der Waals surface area contributed by atoms with E-state index in [-0.39, 0.29) is 17.8 Å². The number of carbonyl (C=O) groups is 1. The van der Waals surface area contributed by atoms with Crippen molar-refractivity contribution in [1.29, 1.82) is 0 Å². The number of benzene rings is 2. The zero-order chi connectivity index (χ0) is 17.8. The van der Waals surface area contributed by atoms with Crippen LogP contribution < -0.4 is 5.32 Å². The predicted molar refractivity (Wildman–Crippen MR) is 100 cm³/mol. The molecule has 5 heteroatoms. The molecule has 2 N–H and O–H groups in total. The van der Waals surface area contributed by atoms with Crippen molar-refractivity contribution in [2.24, 2.45) is 0 Å². The van der Waals surface area contributed by atoms with Crippen LogP contribution in [0.3, 0.4) is 0 Å². The molecule has 0 spiro atoms. The number of rotatable bonds is 6. The van der Waals surface area contributed by atoms with Gasteiger partial charge in [0.2, 0.25) is 5.91 Å². The SMILES string of the molecule is CC[C@@H](C)NC(=O)Cc1c(Sc2cccc(F)c2)[nH]c2ccccc12. The quantitative estimate of drug-likeness (QED) is 0.659. The minimum absolute atomic E-state index is 0.000181. The molecule has 1 aromatic heterocycles. The number of aromatic amines is 1. The molecule has 1 atom stereocenters. The molecule has 130 valence electrons. The lowest BCUT2D eigenvalue weighted by Gasteiger charge is -2.12. The van der Waals surface area contributed by atoms with Crippen LogP contribution in [0, 0.1) is 5.82 Å². The van der Waals surface area contributed by atoms with E-state index in [1.165, 1.54) is 23.9 Å². The lowest BCUT2D eigenvalue weighted by molar-refractivity contribution is -0.121. The molecule has 0 aliphatic heterocycles. The lowest BCUT2D eigenvalue weighted by Crippen LogP contribution is -2.33. The number of amides is 1. The van der Waals surface area contributed by atoms with Gasteiger partial charge >= 0.3 is 0 Å². The van der Waals surface area contributed by atoms with E-state index in [0.29, 0.717) is 6.42 Å². The summed E-state index contributed by atoms with van der Waals surface area (Å²) in [4.78, 5) is 16.6. The average Bonchev–Trinajstić information content (AvgIpc) is 2.92. The number of halogens is 1. The van der Waals surface area contributed by atoms with Crippen molar-refractivity contribution in [2.45, 2.75) is 42.7 Å². The first-order chi connectivity index (χ1) is 12.1. The molecule has 1 amide bonds. The van der Waals surface area contributed by atoms with Crippen LogP contribution in [0.5, 0.6) is 0 Å². The van der Waals surface area contributed by atoms with Gasteiger partial charge in [-0.25, -0.2) is 4.39 Å². The Morgan fingerprint density at radius 3 is 2.80 bits per heavy atom. The maximum atomic E-state index is 13.5. The van der Waals surface area contributed by atoms with Crippen molar-refractivity contribution in [3.05, 3.63) is 59.9 Å². The Kier molecular flexibility index (Phi) is 5.43. The second-order valence-corrected chi connectivity index (χ2v) is 7.18. The molecule has 0 saturated heterocycles. The fourth-order valence-corrected chi connectivity index (χ4v) is 3.69. The van der Waals surface area contributed by atoms with Gasteiger partial charge in [0.05, 0.1) is 11.4 Å². The topological polar surface area (TPSA) is 44.9 Å². The third-order valence-corrected chi connectivity index (χ3v) is 5.19. The zero-order valence-corrected chi connectivity index (χ0v) is 15.1. The molecule has 1 heterocycles. The molecular weight excluding hydrogens is 335 g/mol. The van der Waals surface area contributed by atoms with Crippen molar-refractivity contribution in [3.63, 3.8) is 0 Å². The Hall–Kier alpha value is -2.27. The van der Waals surface area contributed by atoms with Gasteiger partial charge in [0.25, 0.3) is 0 Å². The largest absolute Gasteiger partial charge is 0.353 e. The molecule has 0 bridgehead atoms. The molecule has 25 heavy (non-hydrogen) atoms. The Morgan fingerprint density at radius 1 is 1.24 bits per heavy atom. The number of carbonyl (C=O) groups excluding carboxylic acids is 1. The summed E-state index contributed by atoms with van der Waals surface area (Å²) >= 11 is 1.45. The molecule has 0 saturated carbocycles. The Morgan fingerprint density at radius 2 is 2.04 bits per heavy atom. The van der Waals surface area contributed by atoms with Gasteiger partial charge in [-0.1, -0.05) is 43.0 Å². The maximum absolute atomic E-state index is 13.5. The maximum Gasteiger partial charge on any atom is 0.224 e. The van der Waals surface area contributed by atoms with E-state index >= 15 is 0 Å². The number of H-pyrrole nitrogens is 1. The van der Waals surface area contributed by atoms with Gasteiger partial charge in [-0.05, 0) is 37.6 Å². The molecule has 0 fully saturated rings. The summed E-state index contributed by atoms with van der Waals surface area (Å²) in [6.07, 6.45) is 1.19. The number of fused-ring (bicyclic) bond motifs is 1. The molecule has 0 radical (unpaired) electrons. The van der Waals surface area contributed by atoms with Gasteiger partial charge in [-0.2, -0.15) is 0 Å². The minimum atomic E-state index is -0.267. The fraction of sp³-hybridized carbons (Fsp3) is 0.250. The summed E-state index contributed by atoms with van der Waals surface area (Å²) in [6.45, 7) is 4.04. The lowest BCUT2D eigenvalue weighted by atomic mass is 10.1. The number of hydrogen-bond acceptors (Lipinski definition) is 2. The number of aromatic nitrogens is 1. The summed E-state index contributed by atoms with van der Waals surface area (Å²) in [5, 5.41) is 4.92. The Labute approximate surface area is 151 Å². The molecular formula is C20H21FN2OS. The summed E-state index contributed by atoms with van der Waals surface area (Å²) < 4.78 is 13.5. The molecule has 3 aromatic rings. The molecule has 3 nitrogen and oxygen atoms in total. The highest BCUT2D eigenvalue weighted by Gasteiger charge is 2.16. The third-order valence-electron chi connectivity index (χ3n) is 4.15. The fourth-order valence-electron chi connectivity index (χ4n) is 2.67. The first-order valence-electron chi connectivity index (χ1n) is 8.39. The van der Waals surface area contributed by atoms with Crippen LogP contribution in [0.25, 0.3) is 10.9 Å². The van der Waals surface area contributed by atoms with E-state index in [4.69, 9.17) is 0 Å². The van der Waals surface area contributed by atoms with E-state index in [9.17, 15) is 9.18 Å². The predicted octanol–water partition coefficient (Wildman–Crippen LogP) is 4.92. The van der Waals surface area contributed by atoms with E-state index in [0.717, 1.165) is 32.8 Å². The summed E-state index contributed by atoms with van der Waals surface area (Å²) in [5.41, 5.74) is 1.93. The van der Waals surface area contributed by atoms with E-state index in [2.05, 4.69) is 10.3 Å². The van der Waals surface area contributed by atoms with Crippen molar-refractivity contribution >= 4 is 28.6 Å². The van der Waals surface area contributed by atoms with Crippen molar-refractivity contribution in [3.8, 4) is 0 Å². The van der Waals surface area contributed by atoms with E-state index in [1.807, 2.05) is 44.2 Å². The van der Waals surface area contributed by atoms with Crippen LogP contribution in [0.15, 0.2) is 58.5 Å². The van der Waals surface area contributed by atoms with Gasteiger partial charge in [0.15, 0.2) is 0 Å². The minimum Gasteiger partial charge on any atom is -0.353 e. The smallest absolute Gasteiger partial charge is 0.224 e. The highest BCUT2D eigenvalue weighted by molar-refractivity contribution is 7.99. The molecule has 0 aliphatic carbocycles. The Balaban J connectivity index is 1.93. The van der Waals surface area contributed by atoms with E-state index in [1.54, 1.807) is 6.07 Å². The van der Waals surface area contributed by atoms with Gasteiger partial charge < -0.3 is 10.3 Å². The first-order valence-corrected chi connectivity index (χ1v) is 9.21. The van der Waals surface area contributed by atoms with Crippen molar-refractivity contribution in [1.82, 2.24) is 10.3 Å². The number of nitrogens with one attached hydrogen (secondary N) is 2. The molecule has 3 rings (SSSR count). The normalized spacial score (nSPS) is 12.3. The summed E-state index contributed by atoms with van der Waals surface area (Å²) in [6, 6.07) is 14.5. The standard InChI is InChI=1S/C20H21FN2OS/c1-3-13(2)22-19(24)12-17-16-9-4-5-10-18(16)23-20(17)25-15-8-6-7-14(21)11-15/h4-11,13,23H,3,12H2,1-2H3,(H,22,24)/t13-/m1/s1. The zero-order valence-electron chi connectivity index (χ0n) is 14.3. The first kappa shape index (κ1) is 17.5. The van der Waals surface area contributed by atoms with Crippen LogP contribution in [-0.2, 0) is 11.2 Å². The van der Waals surface area contributed by atoms with Crippen molar-refractivity contribution in [2.75, 3.05) is 0 Å². The highest BCUT2D eigenvalue weighted by Crippen LogP contribution is 2.35. The average molecular weight is 356 g/mol. The van der Waals surface area contributed by atoms with Crippen molar-refractivity contribution < 1.29 is 9.18 Å². The van der Waals surface area contributed by atoms with Gasteiger partial charge in [0, 0.05) is 27.4 Å². The Bertz CT molecular complexity index is 890. The van der Waals surface area contributed by atoms with Gasteiger partial charge in [-0.15, -0.1) is 0 Å². The summed E-state index contributed by atoms with van der Waals surface area (Å²) in [7, 11) is 0. The number of hydrogen-bond donors (Lipinski definition) is 2. The van der Waals surface area contributed by atoms with Crippen LogP contribution in [0.1, 0.15) is 25.8 Å². The highest BCUT2D eigenvalue weighted by atomic mass is 32.2. The van der Waals surface area contributed by atoms with Gasteiger partial charge in [-0.3, -0.25) is 4.79 Å². The third kappa shape index (κ3) is 4.23. The van der Waals surface area contributed by atoms with E-state index < -0.39 is 0 Å². The second-order valence-electron chi connectivity index (χ2n) is 6.09. The number of para-hydroxylation sites is 1. The van der Waals surface area contributed by atoms with Gasteiger partial charge in [0.1, 0.15) is 5.82 Å². The van der Waals surface area contributed by atoms with Crippen LogP contribution >= 0.6 is 11.8 Å². The monoisotopic (exact) mass is 356 g/mol. The molecule has 0 aliphatic rings. The summed E-state index contributed by atoms with van der Waals surface area (Å²) in [5.74, 6) is -0.266. The second kappa shape index (κ2) is 7.74. The van der Waals surface area contributed by atoms with Crippen LogP contribution in [0.4, 0.5) is 4.39 Å².